The van der Waals surface area contributed by atoms with Gasteiger partial charge in [-0.25, -0.2) is 4.57 Å². The SMILES string of the molecule is CCC/C=C/C/C=C/C/C=C/C/C=C/CCCCCC(=O)OC[C@H](COP(=O)(O)OCC[N+](C)(C)C)OC(=O)CCC/C=C/C/C=C/C/C=C/CCCCCCCC. The molecule has 0 spiro atoms. The maximum atomic E-state index is 12.7. The summed E-state index contributed by atoms with van der Waals surface area (Å²) in [5.74, 6) is -0.905. The Hall–Kier alpha value is -2.81. The summed E-state index contributed by atoms with van der Waals surface area (Å²) in [7, 11) is 1.41. The van der Waals surface area contributed by atoms with Crippen molar-refractivity contribution in [1.29, 1.82) is 0 Å². The zero-order chi connectivity index (χ0) is 42.8. The van der Waals surface area contributed by atoms with Gasteiger partial charge in [0.05, 0.1) is 27.7 Å². The standard InChI is InChI=1S/C48H82NO8P/c1-6-8-10-12-14-16-18-20-22-24-26-28-30-32-34-36-38-40-47(50)54-44-46(45-56-58(52,53)55-43-42-49(3,4)5)57-48(51)41-39-37-35-33-31-29-27-25-23-21-19-17-15-13-11-9-7-2/h10,12,16,18,21-24,27-30,33,35,46H,6-9,11,13-15,17,19-20,25-26,31-32,34,36-45H2,1-5H3/p+1/b12-10+,18-16+,23-21+,24-22+,29-27+,30-28+,35-33+/t46-/m1/s1. The Morgan fingerprint density at radius 2 is 0.983 bits per heavy atom. The molecule has 0 radical (unpaired) electrons. The summed E-state index contributed by atoms with van der Waals surface area (Å²) in [6.45, 7) is 4.23. The van der Waals surface area contributed by atoms with Crippen LogP contribution in [0.25, 0.3) is 0 Å². The summed E-state index contributed by atoms with van der Waals surface area (Å²) < 4.78 is 34.2. The van der Waals surface area contributed by atoms with Crippen LogP contribution in [0.4, 0.5) is 0 Å². The van der Waals surface area contributed by atoms with E-state index in [1.165, 1.54) is 44.9 Å². The minimum Gasteiger partial charge on any atom is -0.462 e. The van der Waals surface area contributed by atoms with Gasteiger partial charge in [-0.2, -0.15) is 0 Å². The summed E-state index contributed by atoms with van der Waals surface area (Å²) >= 11 is 0. The lowest BCUT2D eigenvalue weighted by Crippen LogP contribution is -2.37. The molecule has 0 aliphatic rings. The average molecular weight is 833 g/mol. The van der Waals surface area contributed by atoms with Crippen LogP contribution in [0.2, 0.25) is 0 Å². The molecular weight excluding hydrogens is 750 g/mol. The van der Waals surface area contributed by atoms with Gasteiger partial charge in [0.15, 0.2) is 6.10 Å². The lowest BCUT2D eigenvalue weighted by molar-refractivity contribution is -0.870. The summed E-state index contributed by atoms with van der Waals surface area (Å²) in [4.78, 5) is 35.4. The van der Waals surface area contributed by atoms with E-state index in [1.807, 2.05) is 27.2 Å². The third-order valence-electron chi connectivity index (χ3n) is 8.88. The number of phosphoric ester groups is 1. The first-order chi connectivity index (χ1) is 28.0. The average Bonchev–Trinajstić information content (AvgIpc) is 3.17. The zero-order valence-corrected chi connectivity index (χ0v) is 38.1. The Morgan fingerprint density at radius 1 is 0.534 bits per heavy atom. The minimum atomic E-state index is -4.40. The first-order valence-electron chi connectivity index (χ1n) is 22.3. The fraction of sp³-hybridized carbons (Fsp3) is 0.667. The van der Waals surface area contributed by atoms with Crippen molar-refractivity contribution in [3.8, 4) is 0 Å². The second kappa shape index (κ2) is 39.6. The second-order valence-electron chi connectivity index (χ2n) is 15.7. The predicted octanol–water partition coefficient (Wildman–Crippen LogP) is 12.8. The molecule has 10 heteroatoms. The Morgan fingerprint density at radius 3 is 1.50 bits per heavy atom. The van der Waals surface area contributed by atoms with Crippen LogP contribution in [0, 0.1) is 0 Å². The van der Waals surface area contributed by atoms with E-state index >= 15 is 0 Å². The summed E-state index contributed by atoms with van der Waals surface area (Å²) in [6, 6.07) is 0. The van der Waals surface area contributed by atoms with Gasteiger partial charge in [0.1, 0.15) is 19.8 Å². The van der Waals surface area contributed by atoms with E-state index in [1.54, 1.807) is 0 Å². The van der Waals surface area contributed by atoms with Crippen LogP contribution >= 0.6 is 7.82 Å². The highest BCUT2D eigenvalue weighted by Gasteiger charge is 2.27. The number of allylic oxidation sites excluding steroid dienone is 14. The van der Waals surface area contributed by atoms with E-state index in [-0.39, 0.29) is 26.1 Å². The number of esters is 2. The number of unbranched alkanes of at least 4 members (excludes halogenated alkanes) is 11. The number of quaternary nitrogens is 1. The first-order valence-corrected chi connectivity index (χ1v) is 23.8. The number of carbonyl (C=O) groups excluding carboxylic acids is 2. The van der Waals surface area contributed by atoms with Gasteiger partial charge >= 0.3 is 19.8 Å². The normalized spacial score (nSPS) is 14.4. The van der Waals surface area contributed by atoms with Crippen molar-refractivity contribution in [2.45, 2.75) is 161 Å². The Labute approximate surface area is 354 Å². The fourth-order valence-corrected chi connectivity index (χ4v) is 6.11. The molecule has 58 heavy (non-hydrogen) atoms. The highest BCUT2D eigenvalue weighted by Crippen LogP contribution is 2.43. The molecule has 2 atom stereocenters. The van der Waals surface area contributed by atoms with Crippen molar-refractivity contribution in [1.82, 2.24) is 0 Å². The number of rotatable bonds is 39. The van der Waals surface area contributed by atoms with Crippen molar-refractivity contribution in [3.05, 3.63) is 85.1 Å². The molecule has 0 rings (SSSR count). The zero-order valence-electron chi connectivity index (χ0n) is 37.2. The number of likely N-dealkylation sites (N-methyl/N-ethyl adjacent to an activating group) is 1. The third kappa shape index (κ3) is 42.8. The Kier molecular flexibility index (Phi) is 37.7. The maximum absolute atomic E-state index is 12.7. The van der Waals surface area contributed by atoms with Gasteiger partial charge in [-0.05, 0) is 83.5 Å². The number of hydrogen-bond donors (Lipinski definition) is 1. The van der Waals surface area contributed by atoms with E-state index < -0.39 is 32.5 Å². The highest BCUT2D eigenvalue weighted by molar-refractivity contribution is 7.47. The highest BCUT2D eigenvalue weighted by atomic mass is 31.2. The third-order valence-corrected chi connectivity index (χ3v) is 9.86. The quantitative estimate of drug-likeness (QED) is 0.0214. The van der Waals surface area contributed by atoms with Gasteiger partial charge < -0.3 is 18.9 Å². The van der Waals surface area contributed by atoms with Crippen molar-refractivity contribution in [2.24, 2.45) is 0 Å². The molecule has 0 aromatic rings. The number of ether oxygens (including phenoxy) is 2. The molecule has 0 aliphatic heterocycles. The molecule has 0 amide bonds. The number of nitrogens with zero attached hydrogens (tertiary/aromatic N) is 1. The molecule has 0 heterocycles. The van der Waals surface area contributed by atoms with Gasteiger partial charge in [0, 0.05) is 12.8 Å². The monoisotopic (exact) mass is 833 g/mol. The van der Waals surface area contributed by atoms with E-state index in [0.717, 1.165) is 64.2 Å². The van der Waals surface area contributed by atoms with Gasteiger partial charge in [-0.15, -0.1) is 0 Å². The lowest BCUT2D eigenvalue weighted by Gasteiger charge is -2.24. The van der Waals surface area contributed by atoms with Crippen molar-refractivity contribution in [2.75, 3.05) is 47.5 Å². The molecule has 1 unspecified atom stereocenters. The van der Waals surface area contributed by atoms with Gasteiger partial charge in [0.2, 0.25) is 0 Å². The number of phosphoric acid groups is 1. The van der Waals surface area contributed by atoms with E-state index in [9.17, 15) is 19.0 Å². The van der Waals surface area contributed by atoms with Gasteiger partial charge in [0.25, 0.3) is 0 Å². The summed E-state index contributed by atoms with van der Waals surface area (Å²) in [5.41, 5.74) is 0. The molecule has 0 saturated heterocycles. The van der Waals surface area contributed by atoms with Crippen LogP contribution in [0.3, 0.4) is 0 Å². The maximum Gasteiger partial charge on any atom is 0.472 e. The Balaban J connectivity index is 4.52. The van der Waals surface area contributed by atoms with Crippen molar-refractivity contribution >= 4 is 19.8 Å². The van der Waals surface area contributed by atoms with E-state index in [4.69, 9.17) is 18.5 Å². The second-order valence-corrected chi connectivity index (χ2v) is 17.2. The summed E-state index contributed by atoms with van der Waals surface area (Å²) in [6.07, 6.45) is 50.7. The molecule has 0 saturated carbocycles. The molecule has 9 nitrogen and oxygen atoms in total. The summed E-state index contributed by atoms with van der Waals surface area (Å²) in [5, 5.41) is 0. The minimum absolute atomic E-state index is 0.0126. The molecule has 0 aliphatic carbocycles. The van der Waals surface area contributed by atoms with Crippen LogP contribution in [0.1, 0.15) is 155 Å². The predicted molar refractivity (Wildman–Crippen MR) is 242 cm³/mol. The van der Waals surface area contributed by atoms with Crippen molar-refractivity contribution < 1.29 is 42.1 Å². The van der Waals surface area contributed by atoms with Crippen LogP contribution in [-0.2, 0) is 32.7 Å². The Bertz CT molecular complexity index is 1260. The first kappa shape index (κ1) is 55.2. The van der Waals surface area contributed by atoms with Crippen LogP contribution < -0.4 is 0 Å². The molecule has 0 aromatic carbocycles. The molecule has 0 fully saturated rings. The van der Waals surface area contributed by atoms with E-state index in [2.05, 4.69) is 92.8 Å². The van der Waals surface area contributed by atoms with Gasteiger partial charge in [-0.1, -0.05) is 144 Å². The molecule has 0 bridgehead atoms. The van der Waals surface area contributed by atoms with Crippen LogP contribution in [0.15, 0.2) is 85.1 Å². The lowest BCUT2D eigenvalue weighted by atomic mass is 10.1. The number of carbonyl (C=O) groups is 2. The molecular formula is C48H83NO8P+. The smallest absolute Gasteiger partial charge is 0.462 e. The van der Waals surface area contributed by atoms with Gasteiger partial charge in [-0.3, -0.25) is 18.6 Å². The van der Waals surface area contributed by atoms with Crippen LogP contribution in [-0.4, -0.2) is 74.9 Å². The number of hydrogen-bond acceptors (Lipinski definition) is 7. The largest absolute Gasteiger partial charge is 0.472 e. The molecule has 1 N–H and O–H groups in total. The van der Waals surface area contributed by atoms with Crippen molar-refractivity contribution in [3.63, 3.8) is 0 Å². The molecule has 0 aromatic heterocycles. The topological polar surface area (TPSA) is 108 Å². The molecule has 332 valence electrons. The van der Waals surface area contributed by atoms with E-state index in [0.29, 0.717) is 30.3 Å². The van der Waals surface area contributed by atoms with Crippen LogP contribution in [0.5, 0.6) is 0 Å². The fourth-order valence-electron chi connectivity index (χ4n) is 5.37.